The third-order valence-corrected chi connectivity index (χ3v) is 13.9. The number of hydrogen-bond donors (Lipinski definition) is 1. The van der Waals surface area contributed by atoms with Crippen LogP contribution in [0.4, 0.5) is 4.39 Å². The highest BCUT2D eigenvalue weighted by Crippen LogP contribution is 2.48. The van der Waals surface area contributed by atoms with E-state index in [1.807, 2.05) is 54.6 Å². The summed E-state index contributed by atoms with van der Waals surface area (Å²) in [6.45, 7) is 16.7. The van der Waals surface area contributed by atoms with Crippen LogP contribution in [0, 0.1) is 5.82 Å². The fourth-order valence-corrected chi connectivity index (χ4v) is 6.66. The van der Waals surface area contributed by atoms with Gasteiger partial charge < -0.3 is 18.8 Å². The standard InChI is InChI=1S/C39H44FNO4Si/c1-38(2,3)46(6,7)45-25-24-39(4,5)36-34(28-16-18-29(19-17-28)37(42)43)35-32(41(36)31-22-20-30(40)21-23-31)14-11-15-33(35)44-26-27-12-9-8-10-13-27/h8-23H,24-26H2,1-7H3,(H,42,43). The van der Waals surface area contributed by atoms with Gasteiger partial charge in [-0.1, -0.05) is 83.1 Å². The molecule has 1 N–H and O–H groups in total. The fourth-order valence-electron chi connectivity index (χ4n) is 5.62. The molecule has 0 aliphatic carbocycles. The molecule has 0 aliphatic rings. The van der Waals surface area contributed by atoms with Crippen molar-refractivity contribution < 1.29 is 23.5 Å². The van der Waals surface area contributed by atoms with Crippen molar-refractivity contribution >= 4 is 25.2 Å². The van der Waals surface area contributed by atoms with Crippen molar-refractivity contribution in [3.05, 3.63) is 120 Å². The van der Waals surface area contributed by atoms with E-state index in [0.29, 0.717) is 19.0 Å². The van der Waals surface area contributed by atoms with Crippen molar-refractivity contribution in [2.45, 2.75) is 71.2 Å². The Morgan fingerprint density at radius 3 is 2.11 bits per heavy atom. The molecule has 1 aromatic heterocycles. The molecule has 5 nitrogen and oxygen atoms in total. The highest BCUT2D eigenvalue weighted by Gasteiger charge is 2.38. The van der Waals surface area contributed by atoms with Crippen molar-refractivity contribution in [1.82, 2.24) is 4.57 Å². The van der Waals surface area contributed by atoms with Crippen LogP contribution in [-0.4, -0.2) is 30.6 Å². The number of carbonyl (C=O) groups is 1. The van der Waals surface area contributed by atoms with Gasteiger partial charge in [0.2, 0.25) is 0 Å². The van der Waals surface area contributed by atoms with Gasteiger partial charge in [0.05, 0.1) is 16.5 Å². The Hall–Kier alpha value is -4.20. The average molecular weight is 638 g/mol. The summed E-state index contributed by atoms with van der Waals surface area (Å²) in [5.41, 5.74) is 5.44. The SMILES string of the molecule is CC(C)(CCO[Si](C)(C)C(C)(C)C)c1c(-c2ccc(C(=O)O)cc2)c2c(OCc3ccccc3)cccc2n1-c1ccc(F)cc1. The average Bonchev–Trinajstić information content (AvgIpc) is 3.37. The summed E-state index contributed by atoms with van der Waals surface area (Å²) in [5.74, 6) is -0.565. The minimum Gasteiger partial charge on any atom is -0.488 e. The van der Waals surface area contributed by atoms with E-state index in [2.05, 4.69) is 58.3 Å². The first kappa shape index (κ1) is 33.2. The number of rotatable bonds is 11. The number of benzene rings is 4. The van der Waals surface area contributed by atoms with Gasteiger partial charge in [-0.25, -0.2) is 9.18 Å². The Balaban J connectivity index is 1.75. The van der Waals surface area contributed by atoms with Gasteiger partial charge in [0, 0.05) is 29.0 Å². The molecule has 0 fully saturated rings. The Morgan fingerprint density at radius 1 is 0.848 bits per heavy atom. The highest BCUT2D eigenvalue weighted by atomic mass is 28.4. The maximum absolute atomic E-state index is 14.2. The molecule has 0 aliphatic heterocycles. The summed E-state index contributed by atoms with van der Waals surface area (Å²) < 4.78 is 29.7. The molecule has 0 unspecified atom stereocenters. The van der Waals surface area contributed by atoms with Crippen molar-refractivity contribution in [3.63, 3.8) is 0 Å². The van der Waals surface area contributed by atoms with Gasteiger partial charge in [-0.05, 0) is 84.2 Å². The number of halogens is 1. The molecular weight excluding hydrogens is 594 g/mol. The maximum atomic E-state index is 14.2. The molecule has 5 aromatic rings. The highest BCUT2D eigenvalue weighted by molar-refractivity contribution is 6.74. The van der Waals surface area contributed by atoms with Crippen LogP contribution < -0.4 is 4.74 Å². The second-order valence-electron chi connectivity index (χ2n) is 14.1. The summed E-state index contributed by atoms with van der Waals surface area (Å²) in [6.07, 6.45) is 0.734. The van der Waals surface area contributed by atoms with Crippen LogP contribution in [0.15, 0.2) is 97.1 Å². The lowest BCUT2D eigenvalue weighted by Crippen LogP contribution is -2.41. The summed E-state index contributed by atoms with van der Waals surface area (Å²) in [6, 6.07) is 29.6. The molecule has 0 radical (unpaired) electrons. The zero-order chi connectivity index (χ0) is 33.3. The quantitative estimate of drug-likeness (QED) is 0.146. The van der Waals surface area contributed by atoms with E-state index >= 15 is 0 Å². The maximum Gasteiger partial charge on any atom is 0.335 e. The van der Waals surface area contributed by atoms with E-state index < -0.39 is 19.7 Å². The topological polar surface area (TPSA) is 60.7 Å². The molecule has 0 spiro atoms. The third kappa shape index (κ3) is 6.81. The van der Waals surface area contributed by atoms with Gasteiger partial charge >= 0.3 is 5.97 Å². The van der Waals surface area contributed by atoms with Crippen LogP contribution in [0.5, 0.6) is 5.75 Å². The summed E-state index contributed by atoms with van der Waals surface area (Å²) in [7, 11) is -1.99. The number of ether oxygens (including phenoxy) is 1. The monoisotopic (exact) mass is 637 g/mol. The predicted molar refractivity (Wildman–Crippen MR) is 187 cm³/mol. The molecule has 0 saturated heterocycles. The van der Waals surface area contributed by atoms with Crippen LogP contribution in [-0.2, 0) is 16.4 Å². The zero-order valence-corrected chi connectivity index (χ0v) is 28.9. The lowest BCUT2D eigenvalue weighted by molar-refractivity contribution is 0.0697. The van der Waals surface area contributed by atoms with Crippen molar-refractivity contribution in [2.75, 3.05) is 6.61 Å². The molecule has 0 saturated carbocycles. The number of fused-ring (bicyclic) bond motifs is 1. The smallest absolute Gasteiger partial charge is 0.335 e. The van der Waals surface area contributed by atoms with E-state index in [1.165, 1.54) is 12.1 Å². The Bertz CT molecular complexity index is 1820. The van der Waals surface area contributed by atoms with E-state index in [4.69, 9.17) is 9.16 Å². The molecule has 0 atom stereocenters. The van der Waals surface area contributed by atoms with Crippen LogP contribution >= 0.6 is 0 Å². The van der Waals surface area contributed by atoms with Gasteiger partial charge in [-0.3, -0.25) is 0 Å². The molecule has 0 amide bonds. The Kier molecular flexibility index (Phi) is 9.30. The fraction of sp³-hybridized carbons (Fsp3) is 0.308. The van der Waals surface area contributed by atoms with E-state index in [-0.39, 0.29) is 16.4 Å². The number of aromatic nitrogens is 1. The first-order valence-electron chi connectivity index (χ1n) is 15.8. The van der Waals surface area contributed by atoms with Crippen LogP contribution in [0.1, 0.15) is 62.7 Å². The molecular formula is C39H44FNO4Si. The lowest BCUT2D eigenvalue weighted by atomic mass is 9.81. The third-order valence-electron chi connectivity index (χ3n) is 9.34. The van der Waals surface area contributed by atoms with Gasteiger partial charge in [0.1, 0.15) is 18.2 Å². The number of nitrogens with zero attached hydrogens (tertiary/aromatic N) is 1. The summed E-state index contributed by atoms with van der Waals surface area (Å²) in [4.78, 5) is 11.8. The second-order valence-corrected chi connectivity index (χ2v) is 18.9. The normalized spacial score (nSPS) is 12.4. The van der Waals surface area contributed by atoms with Crippen LogP contribution in [0.3, 0.4) is 0 Å². The van der Waals surface area contributed by atoms with Crippen LogP contribution in [0.2, 0.25) is 18.1 Å². The predicted octanol–water partition coefficient (Wildman–Crippen LogP) is 10.4. The molecule has 46 heavy (non-hydrogen) atoms. The Morgan fingerprint density at radius 2 is 1.50 bits per heavy atom. The van der Waals surface area contributed by atoms with Crippen molar-refractivity contribution in [1.29, 1.82) is 0 Å². The first-order valence-corrected chi connectivity index (χ1v) is 18.7. The molecule has 0 bridgehead atoms. The Labute approximate surface area is 272 Å². The molecule has 240 valence electrons. The van der Waals surface area contributed by atoms with E-state index in [1.54, 1.807) is 24.3 Å². The second kappa shape index (κ2) is 12.9. The summed E-state index contributed by atoms with van der Waals surface area (Å²) in [5, 5.41) is 10.7. The lowest BCUT2D eigenvalue weighted by Gasteiger charge is -2.37. The zero-order valence-electron chi connectivity index (χ0n) is 27.9. The van der Waals surface area contributed by atoms with Crippen LogP contribution in [0.25, 0.3) is 27.7 Å². The number of carboxylic acids is 1. The van der Waals surface area contributed by atoms with E-state index in [9.17, 15) is 14.3 Å². The van der Waals surface area contributed by atoms with Crippen molar-refractivity contribution in [3.8, 4) is 22.6 Å². The molecule has 4 aromatic carbocycles. The first-order chi connectivity index (χ1) is 21.7. The van der Waals surface area contributed by atoms with Gasteiger partial charge in [0.15, 0.2) is 8.32 Å². The van der Waals surface area contributed by atoms with Gasteiger partial charge in [-0.2, -0.15) is 0 Å². The largest absolute Gasteiger partial charge is 0.488 e. The van der Waals surface area contributed by atoms with Crippen molar-refractivity contribution in [2.24, 2.45) is 0 Å². The van der Waals surface area contributed by atoms with E-state index in [0.717, 1.165) is 45.4 Å². The molecule has 1 heterocycles. The van der Waals surface area contributed by atoms with Gasteiger partial charge in [0.25, 0.3) is 0 Å². The number of carboxylic acid groups (broad SMARTS) is 1. The summed E-state index contributed by atoms with van der Waals surface area (Å²) >= 11 is 0. The minimum atomic E-state index is -1.99. The number of aromatic carboxylic acids is 1. The molecule has 7 heteroatoms. The minimum absolute atomic E-state index is 0.0855. The number of hydrogen-bond acceptors (Lipinski definition) is 3. The molecule has 5 rings (SSSR count). The van der Waals surface area contributed by atoms with Gasteiger partial charge in [-0.15, -0.1) is 0 Å².